The average Bonchev–Trinajstić information content (AvgIpc) is 2.84. The van der Waals surface area contributed by atoms with E-state index < -0.39 is 0 Å². The van der Waals surface area contributed by atoms with E-state index in [-0.39, 0.29) is 0 Å². The van der Waals surface area contributed by atoms with E-state index in [1.807, 2.05) is 12.1 Å². The van der Waals surface area contributed by atoms with Crippen LogP contribution in [0.3, 0.4) is 0 Å². The lowest BCUT2D eigenvalue weighted by Gasteiger charge is -2.12. The van der Waals surface area contributed by atoms with Gasteiger partial charge in [-0.25, -0.2) is 9.97 Å². The predicted molar refractivity (Wildman–Crippen MR) is 68.0 cm³/mol. The minimum Gasteiger partial charge on any atom is -0.310 e. The maximum atomic E-state index is 9.00. The summed E-state index contributed by atoms with van der Waals surface area (Å²) < 4.78 is 1.71. The standard InChI is InChI=1S/C13H15N5/c1-10(2)17-9-11-4-3-5-16-13(11)18-7-6-15-12(18)8-14/h3-7,10,17H,9H2,1-2H3. The van der Waals surface area contributed by atoms with Crippen molar-refractivity contribution in [2.75, 3.05) is 0 Å². The summed E-state index contributed by atoms with van der Waals surface area (Å²) in [5.41, 5.74) is 1.04. The Morgan fingerprint density at radius 2 is 2.22 bits per heavy atom. The highest BCUT2D eigenvalue weighted by atomic mass is 15.1. The molecule has 2 rings (SSSR count). The second kappa shape index (κ2) is 5.43. The van der Waals surface area contributed by atoms with Gasteiger partial charge < -0.3 is 5.32 Å². The molecule has 0 aliphatic heterocycles. The zero-order valence-electron chi connectivity index (χ0n) is 10.5. The van der Waals surface area contributed by atoms with Crippen molar-refractivity contribution in [3.8, 4) is 11.9 Å². The Labute approximate surface area is 106 Å². The molecule has 2 heterocycles. The van der Waals surface area contributed by atoms with Crippen LogP contribution < -0.4 is 5.32 Å². The van der Waals surface area contributed by atoms with Crippen molar-refractivity contribution in [1.82, 2.24) is 19.9 Å². The van der Waals surface area contributed by atoms with Crippen molar-refractivity contribution in [3.63, 3.8) is 0 Å². The van der Waals surface area contributed by atoms with Gasteiger partial charge in [0.2, 0.25) is 5.82 Å². The SMILES string of the molecule is CC(C)NCc1cccnc1-n1ccnc1C#N. The first-order chi connectivity index (χ1) is 8.72. The largest absolute Gasteiger partial charge is 0.310 e. The fourth-order valence-electron chi connectivity index (χ4n) is 1.66. The molecule has 0 fully saturated rings. The number of nitrogens with one attached hydrogen (secondary N) is 1. The lowest BCUT2D eigenvalue weighted by atomic mass is 10.2. The maximum Gasteiger partial charge on any atom is 0.218 e. The first kappa shape index (κ1) is 12.3. The van der Waals surface area contributed by atoms with Gasteiger partial charge in [-0.15, -0.1) is 0 Å². The Morgan fingerprint density at radius 3 is 2.94 bits per heavy atom. The third-order valence-corrected chi connectivity index (χ3v) is 2.54. The molecule has 0 saturated heterocycles. The molecule has 0 unspecified atom stereocenters. The molecule has 0 radical (unpaired) electrons. The quantitative estimate of drug-likeness (QED) is 0.883. The molecule has 1 N–H and O–H groups in total. The third-order valence-electron chi connectivity index (χ3n) is 2.54. The fourth-order valence-corrected chi connectivity index (χ4v) is 1.66. The zero-order chi connectivity index (χ0) is 13.0. The number of nitrogens with zero attached hydrogens (tertiary/aromatic N) is 4. The molecule has 0 aromatic carbocycles. The van der Waals surface area contributed by atoms with Gasteiger partial charge in [-0.1, -0.05) is 19.9 Å². The lowest BCUT2D eigenvalue weighted by molar-refractivity contribution is 0.586. The second-order valence-corrected chi connectivity index (χ2v) is 4.25. The van der Waals surface area contributed by atoms with Gasteiger partial charge in [0.05, 0.1) is 0 Å². The van der Waals surface area contributed by atoms with E-state index in [2.05, 4.69) is 35.2 Å². The molecule has 0 bridgehead atoms. The topological polar surface area (TPSA) is 66.5 Å². The van der Waals surface area contributed by atoms with Gasteiger partial charge in [0, 0.05) is 36.7 Å². The van der Waals surface area contributed by atoms with Gasteiger partial charge in [-0.2, -0.15) is 5.26 Å². The number of rotatable bonds is 4. The van der Waals surface area contributed by atoms with Crippen LogP contribution in [0, 0.1) is 11.3 Å². The Kier molecular flexibility index (Phi) is 3.70. The highest BCUT2D eigenvalue weighted by molar-refractivity contribution is 5.37. The predicted octanol–water partition coefficient (Wildman–Crippen LogP) is 1.64. The van der Waals surface area contributed by atoms with E-state index in [1.165, 1.54) is 0 Å². The van der Waals surface area contributed by atoms with Crippen LogP contribution in [0.2, 0.25) is 0 Å². The normalized spacial score (nSPS) is 10.6. The van der Waals surface area contributed by atoms with Crippen LogP contribution >= 0.6 is 0 Å². The van der Waals surface area contributed by atoms with E-state index in [9.17, 15) is 0 Å². The van der Waals surface area contributed by atoms with Crippen molar-refractivity contribution in [2.24, 2.45) is 0 Å². The average molecular weight is 241 g/mol. The van der Waals surface area contributed by atoms with Gasteiger partial charge in [0.1, 0.15) is 11.9 Å². The summed E-state index contributed by atoms with van der Waals surface area (Å²) in [5, 5.41) is 12.3. The molecule has 2 aromatic heterocycles. The number of hydrogen-bond acceptors (Lipinski definition) is 4. The molecule has 5 nitrogen and oxygen atoms in total. The summed E-state index contributed by atoms with van der Waals surface area (Å²) in [7, 11) is 0. The van der Waals surface area contributed by atoms with Crippen molar-refractivity contribution < 1.29 is 0 Å². The molecule has 0 saturated carbocycles. The molecule has 0 amide bonds. The molecule has 0 atom stereocenters. The molecule has 0 spiro atoms. The van der Waals surface area contributed by atoms with Crippen molar-refractivity contribution in [2.45, 2.75) is 26.4 Å². The second-order valence-electron chi connectivity index (χ2n) is 4.25. The number of nitriles is 1. The number of pyridine rings is 1. The monoisotopic (exact) mass is 241 g/mol. The third kappa shape index (κ3) is 2.55. The van der Waals surface area contributed by atoms with Gasteiger partial charge in [0.25, 0.3) is 0 Å². The highest BCUT2D eigenvalue weighted by Gasteiger charge is 2.09. The summed E-state index contributed by atoms with van der Waals surface area (Å²) >= 11 is 0. The van der Waals surface area contributed by atoms with Crippen LogP contribution in [0.25, 0.3) is 5.82 Å². The zero-order valence-corrected chi connectivity index (χ0v) is 10.5. The van der Waals surface area contributed by atoms with E-state index >= 15 is 0 Å². The molecule has 92 valence electrons. The van der Waals surface area contributed by atoms with Crippen molar-refractivity contribution >= 4 is 0 Å². The number of hydrogen-bond donors (Lipinski definition) is 1. The van der Waals surface area contributed by atoms with Gasteiger partial charge in [-0.05, 0) is 6.07 Å². The summed E-state index contributed by atoms with van der Waals surface area (Å²) in [6.07, 6.45) is 5.07. The van der Waals surface area contributed by atoms with Crippen LogP contribution in [-0.4, -0.2) is 20.6 Å². The van der Waals surface area contributed by atoms with Crippen molar-refractivity contribution in [1.29, 1.82) is 5.26 Å². The van der Waals surface area contributed by atoms with Gasteiger partial charge >= 0.3 is 0 Å². The minimum absolute atomic E-state index is 0.347. The number of imidazole rings is 1. The first-order valence-electron chi connectivity index (χ1n) is 5.83. The molecular weight excluding hydrogens is 226 g/mol. The van der Waals surface area contributed by atoms with E-state index in [0.717, 1.165) is 11.4 Å². The highest BCUT2D eigenvalue weighted by Crippen LogP contribution is 2.13. The van der Waals surface area contributed by atoms with Gasteiger partial charge in [-0.3, -0.25) is 4.57 Å². The van der Waals surface area contributed by atoms with Crippen LogP contribution in [0.5, 0.6) is 0 Å². The molecule has 18 heavy (non-hydrogen) atoms. The number of aromatic nitrogens is 3. The Balaban J connectivity index is 2.36. The first-order valence-corrected chi connectivity index (χ1v) is 5.83. The van der Waals surface area contributed by atoms with E-state index in [1.54, 1.807) is 23.2 Å². The Bertz CT molecular complexity index is 565. The smallest absolute Gasteiger partial charge is 0.218 e. The maximum absolute atomic E-state index is 9.00. The fraction of sp³-hybridized carbons (Fsp3) is 0.308. The molecule has 2 aromatic rings. The van der Waals surface area contributed by atoms with Crippen LogP contribution in [0.4, 0.5) is 0 Å². The van der Waals surface area contributed by atoms with Crippen LogP contribution in [0.1, 0.15) is 25.2 Å². The molecule has 0 aliphatic carbocycles. The van der Waals surface area contributed by atoms with E-state index in [4.69, 9.17) is 5.26 Å². The Hall–Kier alpha value is -2.19. The van der Waals surface area contributed by atoms with E-state index in [0.29, 0.717) is 18.4 Å². The summed E-state index contributed by atoms with van der Waals surface area (Å²) in [4.78, 5) is 8.33. The Morgan fingerprint density at radius 1 is 1.39 bits per heavy atom. The molecule has 5 heteroatoms. The summed E-state index contributed by atoms with van der Waals surface area (Å²) in [6, 6.07) is 6.35. The minimum atomic E-state index is 0.347. The summed E-state index contributed by atoms with van der Waals surface area (Å²) in [6.45, 7) is 4.89. The van der Waals surface area contributed by atoms with Crippen LogP contribution in [0.15, 0.2) is 30.7 Å². The molecule has 0 aliphatic rings. The molecular formula is C13H15N5. The summed E-state index contributed by atoms with van der Waals surface area (Å²) in [5.74, 6) is 1.10. The van der Waals surface area contributed by atoms with Crippen molar-refractivity contribution in [3.05, 3.63) is 42.1 Å². The van der Waals surface area contributed by atoms with Gasteiger partial charge in [0.15, 0.2) is 0 Å². The van der Waals surface area contributed by atoms with Crippen LogP contribution in [-0.2, 0) is 6.54 Å². The lowest BCUT2D eigenvalue weighted by Crippen LogP contribution is -2.23.